The molecule has 7 nitrogen and oxygen atoms in total. The lowest BCUT2D eigenvalue weighted by Crippen LogP contribution is -2.39. The molecule has 2 aromatic carbocycles. The Morgan fingerprint density at radius 2 is 2.04 bits per heavy atom. The lowest BCUT2D eigenvalue weighted by Gasteiger charge is -2.29. The number of aromatic amines is 1. The Labute approximate surface area is 160 Å². The lowest BCUT2D eigenvalue weighted by atomic mass is 10.1. The van der Waals surface area contributed by atoms with Crippen LogP contribution >= 0.6 is 0 Å². The van der Waals surface area contributed by atoms with Crippen molar-refractivity contribution in [3.63, 3.8) is 0 Å². The number of fused-ring (bicyclic) bond motifs is 2. The van der Waals surface area contributed by atoms with E-state index in [0.717, 1.165) is 34.1 Å². The van der Waals surface area contributed by atoms with Gasteiger partial charge < -0.3 is 19.1 Å². The summed E-state index contributed by atoms with van der Waals surface area (Å²) in [4.78, 5) is 21.7. The molecule has 0 aliphatic carbocycles. The highest BCUT2D eigenvalue weighted by Crippen LogP contribution is 2.36. The molecule has 0 saturated carbocycles. The second kappa shape index (κ2) is 6.53. The van der Waals surface area contributed by atoms with Crippen LogP contribution in [0, 0.1) is 0 Å². The smallest absolute Gasteiger partial charge is 0.265 e. The molecule has 28 heavy (non-hydrogen) atoms. The predicted octanol–water partition coefficient (Wildman–Crippen LogP) is 4.02. The third kappa shape index (κ3) is 2.72. The Balaban J connectivity index is 1.51. The van der Waals surface area contributed by atoms with Gasteiger partial charge in [0.05, 0.1) is 5.69 Å². The standard InChI is InChI=1S/C21H18N4O3/c1-2-9-25-17-11-14(5-6-18(17)27-12-19(25)26)20-23-21(28-24-20)15-4-3-13-7-8-22-16(13)10-15/h3-8,10-11,22H,2,9,12H2,1H3. The van der Waals surface area contributed by atoms with Crippen LogP contribution in [0.2, 0.25) is 0 Å². The molecule has 140 valence electrons. The summed E-state index contributed by atoms with van der Waals surface area (Å²) < 4.78 is 11.0. The number of aromatic nitrogens is 3. The first-order valence-electron chi connectivity index (χ1n) is 9.22. The van der Waals surface area contributed by atoms with Crippen LogP contribution in [0.25, 0.3) is 33.7 Å². The Morgan fingerprint density at radius 3 is 2.93 bits per heavy atom. The highest BCUT2D eigenvalue weighted by Gasteiger charge is 2.26. The zero-order chi connectivity index (χ0) is 19.1. The van der Waals surface area contributed by atoms with Crippen LogP contribution in [-0.4, -0.2) is 34.2 Å². The van der Waals surface area contributed by atoms with Crippen molar-refractivity contribution in [2.45, 2.75) is 13.3 Å². The molecular weight excluding hydrogens is 356 g/mol. The number of nitrogens with zero attached hydrogens (tertiary/aromatic N) is 3. The van der Waals surface area contributed by atoms with Crippen molar-refractivity contribution in [2.75, 3.05) is 18.1 Å². The van der Waals surface area contributed by atoms with Gasteiger partial charge in [-0.2, -0.15) is 4.98 Å². The van der Waals surface area contributed by atoms with E-state index in [1.807, 2.05) is 55.6 Å². The van der Waals surface area contributed by atoms with E-state index >= 15 is 0 Å². The van der Waals surface area contributed by atoms with Gasteiger partial charge in [0.15, 0.2) is 6.61 Å². The van der Waals surface area contributed by atoms with Crippen molar-refractivity contribution >= 4 is 22.5 Å². The number of benzene rings is 2. The number of rotatable bonds is 4. The van der Waals surface area contributed by atoms with Gasteiger partial charge in [-0.25, -0.2) is 0 Å². The van der Waals surface area contributed by atoms with E-state index in [1.54, 1.807) is 4.90 Å². The molecule has 3 heterocycles. The molecule has 0 unspecified atom stereocenters. The van der Waals surface area contributed by atoms with Gasteiger partial charge in [-0.1, -0.05) is 18.1 Å². The molecule has 0 radical (unpaired) electrons. The minimum Gasteiger partial charge on any atom is -0.482 e. The fraction of sp³-hybridized carbons (Fsp3) is 0.190. The summed E-state index contributed by atoms with van der Waals surface area (Å²) in [5, 5.41) is 5.25. The van der Waals surface area contributed by atoms with E-state index in [1.165, 1.54) is 0 Å². The summed E-state index contributed by atoms with van der Waals surface area (Å²) in [6.07, 6.45) is 2.76. The van der Waals surface area contributed by atoms with Crippen molar-refractivity contribution in [1.82, 2.24) is 15.1 Å². The fourth-order valence-electron chi connectivity index (χ4n) is 3.45. The molecule has 0 bridgehead atoms. The number of H-pyrrole nitrogens is 1. The predicted molar refractivity (Wildman–Crippen MR) is 105 cm³/mol. The summed E-state index contributed by atoms with van der Waals surface area (Å²) in [5.74, 6) is 1.57. The molecule has 0 atom stereocenters. The van der Waals surface area contributed by atoms with Crippen molar-refractivity contribution in [3.05, 3.63) is 48.7 Å². The molecule has 1 N–H and O–H groups in total. The van der Waals surface area contributed by atoms with Crippen molar-refractivity contribution < 1.29 is 14.1 Å². The molecular formula is C21H18N4O3. The second-order valence-electron chi connectivity index (χ2n) is 6.72. The number of carbonyl (C=O) groups excluding carboxylic acids is 1. The van der Waals surface area contributed by atoms with E-state index in [0.29, 0.717) is 24.0 Å². The maximum atomic E-state index is 12.2. The highest BCUT2D eigenvalue weighted by atomic mass is 16.5. The zero-order valence-electron chi connectivity index (χ0n) is 15.3. The van der Waals surface area contributed by atoms with Gasteiger partial charge >= 0.3 is 0 Å². The van der Waals surface area contributed by atoms with Crippen LogP contribution in [0.3, 0.4) is 0 Å². The maximum Gasteiger partial charge on any atom is 0.265 e. The van der Waals surface area contributed by atoms with E-state index in [4.69, 9.17) is 9.26 Å². The van der Waals surface area contributed by atoms with Gasteiger partial charge in [0.1, 0.15) is 5.75 Å². The summed E-state index contributed by atoms with van der Waals surface area (Å²) >= 11 is 0. The molecule has 7 heteroatoms. The van der Waals surface area contributed by atoms with Gasteiger partial charge in [0.25, 0.3) is 11.8 Å². The van der Waals surface area contributed by atoms with E-state index < -0.39 is 0 Å². The Morgan fingerprint density at radius 1 is 1.14 bits per heavy atom. The largest absolute Gasteiger partial charge is 0.482 e. The average molecular weight is 374 g/mol. The summed E-state index contributed by atoms with van der Waals surface area (Å²) in [5.41, 5.74) is 3.37. The normalized spacial score (nSPS) is 13.6. The summed E-state index contributed by atoms with van der Waals surface area (Å²) in [6, 6.07) is 13.6. The fourth-order valence-corrected chi connectivity index (χ4v) is 3.45. The van der Waals surface area contributed by atoms with Crippen LogP contribution in [0.5, 0.6) is 5.75 Å². The Kier molecular flexibility index (Phi) is 3.86. The second-order valence-corrected chi connectivity index (χ2v) is 6.72. The first-order chi connectivity index (χ1) is 13.7. The van der Waals surface area contributed by atoms with Crippen molar-refractivity contribution in [3.8, 4) is 28.6 Å². The highest BCUT2D eigenvalue weighted by molar-refractivity contribution is 5.98. The number of hydrogen-bond acceptors (Lipinski definition) is 5. The lowest BCUT2D eigenvalue weighted by molar-refractivity contribution is -0.121. The third-order valence-corrected chi connectivity index (χ3v) is 4.84. The van der Waals surface area contributed by atoms with Crippen LogP contribution in [-0.2, 0) is 4.79 Å². The zero-order valence-corrected chi connectivity index (χ0v) is 15.3. The first kappa shape index (κ1) is 16.6. The Bertz CT molecular complexity index is 1180. The number of ether oxygens (including phenoxy) is 1. The molecule has 1 amide bonds. The van der Waals surface area contributed by atoms with E-state index in [9.17, 15) is 4.79 Å². The molecule has 1 aliphatic heterocycles. The molecule has 0 spiro atoms. The first-order valence-corrected chi connectivity index (χ1v) is 9.22. The monoisotopic (exact) mass is 374 g/mol. The quantitative estimate of drug-likeness (QED) is 0.583. The van der Waals surface area contributed by atoms with Gasteiger partial charge in [-0.05, 0) is 48.2 Å². The minimum atomic E-state index is -0.0421. The molecule has 0 fully saturated rings. The van der Waals surface area contributed by atoms with Crippen LogP contribution in [0.15, 0.2) is 53.2 Å². The SMILES string of the molecule is CCCN1C(=O)COc2ccc(-c3noc(-c4ccc5cc[nH]c5c4)n3)cc21. The van der Waals surface area contributed by atoms with Crippen LogP contribution < -0.4 is 9.64 Å². The van der Waals surface area contributed by atoms with E-state index in [2.05, 4.69) is 15.1 Å². The number of hydrogen-bond donors (Lipinski definition) is 1. The molecule has 2 aromatic heterocycles. The average Bonchev–Trinajstić information content (AvgIpc) is 3.38. The van der Waals surface area contributed by atoms with Gasteiger partial charge in [0, 0.05) is 29.4 Å². The van der Waals surface area contributed by atoms with Gasteiger partial charge in [-0.15, -0.1) is 0 Å². The number of nitrogens with one attached hydrogen (secondary N) is 1. The number of carbonyl (C=O) groups is 1. The van der Waals surface area contributed by atoms with Gasteiger partial charge in [-0.3, -0.25) is 4.79 Å². The summed E-state index contributed by atoms with van der Waals surface area (Å²) in [6.45, 7) is 2.75. The molecule has 5 rings (SSSR count). The minimum absolute atomic E-state index is 0.0421. The van der Waals surface area contributed by atoms with Crippen molar-refractivity contribution in [1.29, 1.82) is 0 Å². The third-order valence-electron chi connectivity index (χ3n) is 4.84. The Hall–Kier alpha value is -3.61. The maximum absolute atomic E-state index is 12.2. The molecule has 4 aromatic rings. The van der Waals surface area contributed by atoms with Crippen molar-refractivity contribution in [2.24, 2.45) is 0 Å². The topological polar surface area (TPSA) is 84.3 Å². The van der Waals surface area contributed by atoms with E-state index in [-0.39, 0.29) is 12.5 Å². The number of amides is 1. The summed E-state index contributed by atoms with van der Waals surface area (Å²) in [7, 11) is 0. The molecule has 1 aliphatic rings. The van der Waals surface area contributed by atoms with Crippen LogP contribution in [0.4, 0.5) is 5.69 Å². The van der Waals surface area contributed by atoms with Gasteiger partial charge in [0.2, 0.25) is 5.82 Å². The van der Waals surface area contributed by atoms with Crippen LogP contribution in [0.1, 0.15) is 13.3 Å². The molecule has 0 saturated heterocycles. The number of anilines is 1.